The molecule has 1 saturated carbocycles. The molecular weight excluding hydrogens is 358 g/mol. The van der Waals surface area contributed by atoms with Gasteiger partial charge in [-0.05, 0) is 37.8 Å². The molecule has 2 aromatic rings. The van der Waals surface area contributed by atoms with E-state index in [0.29, 0.717) is 12.5 Å². The van der Waals surface area contributed by atoms with Gasteiger partial charge in [-0.2, -0.15) is 0 Å². The van der Waals surface area contributed by atoms with E-state index in [-0.39, 0.29) is 11.2 Å². The summed E-state index contributed by atoms with van der Waals surface area (Å²) in [6.07, 6.45) is 11.6. The highest BCUT2D eigenvalue weighted by Crippen LogP contribution is 2.27. The van der Waals surface area contributed by atoms with E-state index in [1.807, 2.05) is 29.7 Å². The molecule has 0 bridgehead atoms. The van der Waals surface area contributed by atoms with Crippen molar-refractivity contribution in [2.45, 2.75) is 56.0 Å². The summed E-state index contributed by atoms with van der Waals surface area (Å²) in [6.45, 7) is 7.12. The Bertz CT molecular complexity index is 755. The molecule has 6 nitrogen and oxygen atoms in total. The summed E-state index contributed by atoms with van der Waals surface area (Å²) in [6, 6.07) is 3.80. The fourth-order valence-corrected chi connectivity index (χ4v) is 4.26. The maximum Gasteiger partial charge on any atom is 0.233 e. The van der Waals surface area contributed by atoms with Crippen LogP contribution < -0.4 is 5.32 Å². The van der Waals surface area contributed by atoms with Crippen LogP contribution in [0.25, 0.3) is 11.4 Å². The molecule has 0 aromatic carbocycles. The fourth-order valence-electron chi connectivity index (χ4n) is 3.38. The summed E-state index contributed by atoms with van der Waals surface area (Å²) in [5.41, 5.74) is 0.945. The number of rotatable bonds is 8. The SMILES string of the molecule is C=CCn1c(SC(C)C(=O)NCC2CCCCC2)nnc1-c1ccncc1. The van der Waals surface area contributed by atoms with E-state index in [9.17, 15) is 4.79 Å². The minimum absolute atomic E-state index is 0.0594. The number of hydrogen-bond acceptors (Lipinski definition) is 5. The molecule has 0 spiro atoms. The van der Waals surface area contributed by atoms with Gasteiger partial charge in [0.2, 0.25) is 5.91 Å². The van der Waals surface area contributed by atoms with E-state index in [2.05, 4.69) is 27.1 Å². The van der Waals surface area contributed by atoms with Crippen molar-refractivity contribution >= 4 is 17.7 Å². The summed E-state index contributed by atoms with van der Waals surface area (Å²) in [5, 5.41) is 12.2. The minimum atomic E-state index is -0.230. The van der Waals surface area contributed by atoms with Crippen LogP contribution in [0.15, 0.2) is 42.3 Å². The van der Waals surface area contributed by atoms with Gasteiger partial charge in [0.15, 0.2) is 11.0 Å². The van der Waals surface area contributed by atoms with Crippen molar-refractivity contribution in [3.05, 3.63) is 37.2 Å². The van der Waals surface area contributed by atoms with Crippen molar-refractivity contribution in [3.8, 4) is 11.4 Å². The second-order valence-electron chi connectivity index (χ2n) is 6.95. The molecule has 0 saturated heterocycles. The molecule has 1 N–H and O–H groups in total. The lowest BCUT2D eigenvalue weighted by atomic mass is 9.89. The normalized spacial score (nSPS) is 16.0. The molecule has 1 unspecified atom stereocenters. The van der Waals surface area contributed by atoms with Crippen molar-refractivity contribution in [1.29, 1.82) is 0 Å². The number of nitrogens with one attached hydrogen (secondary N) is 1. The lowest BCUT2D eigenvalue weighted by molar-refractivity contribution is -0.120. The lowest BCUT2D eigenvalue weighted by Gasteiger charge is -2.22. The Kier molecular flexibility index (Phi) is 7.04. The van der Waals surface area contributed by atoms with E-state index in [1.54, 1.807) is 12.4 Å². The third-order valence-corrected chi connectivity index (χ3v) is 5.99. The van der Waals surface area contributed by atoms with Gasteiger partial charge < -0.3 is 5.32 Å². The van der Waals surface area contributed by atoms with Crippen molar-refractivity contribution in [3.63, 3.8) is 0 Å². The van der Waals surface area contributed by atoms with Gasteiger partial charge in [0.25, 0.3) is 0 Å². The van der Waals surface area contributed by atoms with Crippen LogP contribution in [0.5, 0.6) is 0 Å². The number of aromatic nitrogens is 4. The van der Waals surface area contributed by atoms with Crippen LogP contribution in [-0.2, 0) is 11.3 Å². The predicted molar refractivity (Wildman–Crippen MR) is 108 cm³/mol. The zero-order valence-corrected chi connectivity index (χ0v) is 16.6. The molecule has 1 atom stereocenters. The van der Waals surface area contributed by atoms with Gasteiger partial charge in [0, 0.05) is 31.0 Å². The van der Waals surface area contributed by atoms with E-state index in [4.69, 9.17) is 0 Å². The van der Waals surface area contributed by atoms with Crippen LogP contribution in [0.1, 0.15) is 39.0 Å². The first kappa shape index (κ1) is 19.6. The highest BCUT2D eigenvalue weighted by atomic mass is 32.2. The third-order valence-electron chi connectivity index (χ3n) is 4.91. The Balaban J connectivity index is 1.64. The monoisotopic (exact) mass is 385 g/mol. The molecule has 1 aliphatic carbocycles. The number of amides is 1. The summed E-state index contributed by atoms with van der Waals surface area (Å²) in [7, 11) is 0. The Morgan fingerprint density at radius 1 is 1.33 bits per heavy atom. The van der Waals surface area contributed by atoms with Gasteiger partial charge in [-0.1, -0.05) is 37.1 Å². The quantitative estimate of drug-likeness (QED) is 0.554. The number of nitrogens with zero attached hydrogens (tertiary/aromatic N) is 4. The average molecular weight is 386 g/mol. The maximum absolute atomic E-state index is 12.5. The zero-order valence-electron chi connectivity index (χ0n) is 15.8. The van der Waals surface area contributed by atoms with E-state index >= 15 is 0 Å². The Hall–Kier alpha value is -2.15. The number of carbonyl (C=O) groups is 1. The van der Waals surface area contributed by atoms with Gasteiger partial charge in [0.05, 0.1) is 5.25 Å². The Labute approximate surface area is 164 Å². The largest absolute Gasteiger partial charge is 0.355 e. The second kappa shape index (κ2) is 9.69. The molecule has 1 fully saturated rings. The molecule has 1 aliphatic rings. The van der Waals surface area contributed by atoms with Crippen LogP contribution in [0.2, 0.25) is 0 Å². The molecule has 0 radical (unpaired) electrons. The lowest BCUT2D eigenvalue weighted by Crippen LogP contribution is -2.35. The van der Waals surface area contributed by atoms with Crippen molar-refractivity contribution in [2.75, 3.05) is 6.54 Å². The van der Waals surface area contributed by atoms with Crippen LogP contribution in [0.4, 0.5) is 0 Å². The van der Waals surface area contributed by atoms with Crippen LogP contribution in [0.3, 0.4) is 0 Å². The first-order valence-electron chi connectivity index (χ1n) is 9.58. The van der Waals surface area contributed by atoms with Gasteiger partial charge >= 0.3 is 0 Å². The zero-order chi connectivity index (χ0) is 19.1. The topological polar surface area (TPSA) is 72.7 Å². The summed E-state index contributed by atoms with van der Waals surface area (Å²) < 4.78 is 1.98. The number of hydrogen-bond donors (Lipinski definition) is 1. The molecule has 27 heavy (non-hydrogen) atoms. The summed E-state index contributed by atoms with van der Waals surface area (Å²) >= 11 is 1.43. The molecule has 2 heterocycles. The second-order valence-corrected chi connectivity index (χ2v) is 8.26. The molecule has 7 heteroatoms. The van der Waals surface area contributed by atoms with Gasteiger partial charge in [-0.25, -0.2) is 0 Å². The van der Waals surface area contributed by atoms with Crippen molar-refractivity contribution in [1.82, 2.24) is 25.1 Å². The standard InChI is InChI=1S/C20H27N5OS/c1-3-13-25-18(17-9-11-21-12-10-17)23-24-20(25)27-15(2)19(26)22-14-16-7-5-4-6-8-16/h3,9-12,15-16H,1,4-8,13-14H2,2H3,(H,22,26). The predicted octanol–water partition coefficient (Wildman–Crippen LogP) is 3.70. The molecular formula is C20H27N5OS. The van der Waals surface area contributed by atoms with E-state index < -0.39 is 0 Å². The summed E-state index contributed by atoms with van der Waals surface area (Å²) in [5.74, 6) is 1.45. The van der Waals surface area contributed by atoms with Crippen LogP contribution in [0, 0.1) is 5.92 Å². The molecule has 3 rings (SSSR count). The van der Waals surface area contributed by atoms with Gasteiger partial charge in [-0.15, -0.1) is 16.8 Å². The van der Waals surface area contributed by atoms with Crippen molar-refractivity contribution < 1.29 is 4.79 Å². The van der Waals surface area contributed by atoms with Gasteiger partial charge in [0.1, 0.15) is 0 Å². The first-order chi connectivity index (χ1) is 13.2. The van der Waals surface area contributed by atoms with Crippen LogP contribution in [-0.4, -0.2) is 37.5 Å². The fraction of sp³-hybridized carbons (Fsp3) is 0.500. The minimum Gasteiger partial charge on any atom is -0.355 e. The first-order valence-corrected chi connectivity index (χ1v) is 10.5. The molecule has 144 valence electrons. The number of allylic oxidation sites excluding steroid dienone is 1. The molecule has 1 amide bonds. The van der Waals surface area contributed by atoms with Gasteiger partial charge in [-0.3, -0.25) is 14.3 Å². The highest BCUT2D eigenvalue weighted by molar-refractivity contribution is 8.00. The Morgan fingerprint density at radius 2 is 2.07 bits per heavy atom. The highest BCUT2D eigenvalue weighted by Gasteiger charge is 2.21. The number of pyridine rings is 1. The van der Waals surface area contributed by atoms with E-state index in [1.165, 1.54) is 43.9 Å². The van der Waals surface area contributed by atoms with Crippen molar-refractivity contribution in [2.24, 2.45) is 5.92 Å². The Morgan fingerprint density at radius 3 is 2.78 bits per heavy atom. The average Bonchev–Trinajstić information content (AvgIpc) is 3.10. The van der Waals surface area contributed by atoms with Crippen LogP contribution >= 0.6 is 11.8 Å². The number of carbonyl (C=O) groups excluding carboxylic acids is 1. The third kappa shape index (κ3) is 5.19. The summed E-state index contributed by atoms with van der Waals surface area (Å²) in [4.78, 5) is 16.6. The maximum atomic E-state index is 12.5. The smallest absolute Gasteiger partial charge is 0.233 e. The molecule has 0 aliphatic heterocycles. The molecule has 2 aromatic heterocycles. The van der Waals surface area contributed by atoms with E-state index in [0.717, 1.165) is 23.1 Å². The number of thioether (sulfide) groups is 1.